The number of nitrogens with zero attached hydrogens (tertiary/aromatic N) is 1. The molecule has 0 aliphatic rings. The number of hydrogen-bond donors (Lipinski definition) is 1. The van der Waals surface area contributed by atoms with Crippen LogP contribution in [0.1, 0.15) is 10.6 Å². The standard InChI is InChI=1S/C16H14ClFN2S/c17-12-4-3-5-13(18)11(12)10-19-9-8-16-20-14-6-1-2-7-15(14)21-16/h1-7,19H,8-10H2. The second kappa shape index (κ2) is 6.52. The van der Waals surface area contributed by atoms with E-state index in [2.05, 4.69) is 16.4 Å². The molecule has 0 radical (unpaired) electrons. The predicted molar refractivity (Wildman–Crippen MR) is 86.4 cm³/mol. The van der Waals surface area contributed by atoms with Crippen LogP contribution in [0.25, 0.3) is 10.2 Å². The third-order valence-electron chi connectivity index (χ3n) is 3.22. The topological polar surface area (TPSA) is 24.9 Å². The van der Waals surface area contributed by atoms with Crippen LogP contribution in [-0.4, -0.2) is 11.5 Å². The minimum atomic E-state index is -0.269. The van der Waals surface area contributed by atoms with Crippen LogP contribution in [0.15, 0.2) is 42.5 Å². The number of thiazole rings is 1. The zero-order valence-corrected chi connectivity index (χ0v) is 12.8. The summed E-state index contributed by atoms with van der Waals surface area (Å²) in [5.74, 6) is -0.269. The zero-order valence-electron chi connectivity index (χ0n) is 11.3. The number of hydrogen-bond acceptors (Lipinski definition) is 3. The summed E-state index contributed by atoms with van der Waals surface area (Å²) in [4.78, 5) is 4.57. The summed E-state index contributed by atoms with van der Waals surface area (Å²) >= 11 is 7.69. The molecule has 5 heteroatoms. The fourth-order valence-corrected chi connectivity index (χ4v) is 3.33. The first-order chi connectivity index (χ1) is 10.2. The van der Waals surface area contributed by atoms with Crippen LogP contribution in [0, 0.1) is 5.82 Å². The summed E-state index contributed by atoms with van der Waals surface area (Å²) in [7, 11) is 0. The maximum atomic E-state index is 13.6. The molecule has 1 aromatic heterocycles. The molecule has 108 valence electrons. The monoisotopic (exact) mass is 320 g/mol. The van der Waals surface area contributed by atoms with Crippen LogP contribution >= 0.6 is 22.9 Å². The van der Waals surface area contributed by atoms with Gasteiger partial charge in [0.25, 0.3) is 0 Å². The molecule has 0 saturated heterocycles. The molecule has 3 rings (SSSR count). The highest BCUT2D eigenvalue weighted by atomic mass is 35.5. The Balaban J connectivity index is 1.56. The number of halogens is 2. The van der Waals surface area contributed by atoms with Crippen LogP contribution in [0.4, 0.5) is 4.39 Å². The highest BCUT2D eigenvalue weighted by Gasteiger charge is 2.07. The van der Waals surface area contributed by atoms with Crippen LogP contribution < -0.4 is 5.32 Å². The Bertz CT molecular complexity index is 704. The predicted octanol–water partition coefficient (Wildman–Crippen LogP) is 4.42. The van der Waals surface area contributed by atoms with E-state index in [1.165, 1.54) is 10.8 Å². The molecule has 2 nitrogen and oxygen atoms in total. The second-order valence-electron chi connectivity index (χ2n) is 4.70. The highest BCUT2D eigenvalue weighted by Crippen LogP contribution is 2.22. The van der Waals surface area contributed by atoms with Crippen molar-refractivity contribution in [3.63, 3.8) is 0 Å². The lowest BCUT2D eigenvalue weighted by Crippen LogP contribution is -2.17. The summed E-state index contributed by atoms with van der Waals surface area (Å²) in [6.45, 7) is 1.17. The molecular formula is C16H14ClFN2S. The SMILES string of the molecule is Fc1cccc(Cl)c1CNCCc1nc2ccccc2s1. The van der Waals surface area contributed by atoms with Crippen LogP contribution in [0.5, 0.6) is 0 Å². The number of aromatic nitrogens is 1. The lowest BCUT2D eigenvalue weighted by atomic mass is 10.2. The van der Waals surface area contributed by atoms with E-state index in [-0.39, 0.29) is 5.82 Å². The number of benzene rings is 2. The molecule has 3 aromatic rings. The van der Waals surface area contributed by atoms with Gasteiger partial charge in [-0.05, 0) is 24.3 Å². The second-order valence-corrected chi connectivity index (χ2v) is 6.22. The van der Waals surface area contributed by atoms with E-state index in [4.69, 9.17) is 11.6 Å². The van der Waals surface area contributed by atoms with Gasteiger partial charge in [0.2, 0.25) is 0 Å². The molecule has 2 aromatic carbocycles. The maximum absolute atomic E-state index is 13.6. The zero-order chi connectivity index (χ0) is 14.7. The first kappa shape index (κ1) is 14.4. The fraction of sp³-hybridized carbons (Fsp3) is 0.188. The summed E-state index contributed by atoms with van der Waals surface area (Å²) in [5.41, 5.74) is 1.55. The third-order valence-corrected chi connectivity index (χ3v) is 4.67. The number of fused-ring (bicyclic) bond motifs is 1. The minimum Gasteiger partial charge on any atom is -0.312 e. The van der Waals surface area contributed by atoms with Crippen LogP contribution in [0.2, 0.25) is 5.02 Å². The summed E-state index contributed by atoms with van der Waals surface area (Å²) in [6.07, 6.45) is 0.825. The summed E-state index contributed by atoms with van der Waals surface area (Å²) in [6, 6.07) is 12.8. The van der Waals surface area contributed by atoms with Crippen LogP contribution in [-0.2, 0) is 13.0 Å². The molecule has 0 amide bonds. The van der Waals surface area contributed by atoms with Crippen molar-refractivity contribution in [2.24, 2.45) is 0 Å². The molecule has 0 fully saturated rings. The van der Waals surface area contributed by atoms with Gasteiger partial charge in [0.1, 0.15) is 5.82 Å². The normalized spacial score (nSPS) is 11.1. The smallest absolute Gasteiger partial charge is 0.129 e. The Morgan fingerprint density at radius 3 is 2.81 bits per heavy atom. The van der Waals surface area contributed by atoms with Gasteiger partial charge in [0.15, 0.2) is 0 Å². The maximum Gasteiger partial charge on any atom is 0.129 e. The Kier molecular flexibility index (Phi) is 4.48. The molecule has 0 unspecified atom stereocenters. The van der Waals surface area contributed by atoms with E-state index in [0.29, 0.717) is 17.1 Å². The van der Waals surface area contributed by atoms with Crippen molar-refractivity contribution in [3.8, 4) is 0 Å². The average molecular weight is 321 g/mol. The van der Waals surface area contributed by atoms with Gasteiger partial charge < -0.3 is 5.32 Å². The van der Waals surface area contributed by atoms with Gasteiger partial charge in [-0.15, -0.1) is 11.3 Å². The van der Waals surface area contributed by atoms with Crippen molar-refractivity contribution in [2.45, 2.75) is 13.0 Å². The molecule has 0 saturated carbocycles. The van der Waals surface area contributed by atoms with Crippen molar-refractivity contribution in [3.05, 3.63) is 63.9 Å². The van der Waals surface area contributed by atoms with Crippen molar-refractivity contribution in [2.75, 3.05) is 6.54 Å². The van der Waals surface area contributed by atoms with Gasteiger partial charge in [-0.25, -0.2) is 9.37 Å². The lowest BCUT2D eigenvalue weighted by Gasteiger charge is -2.06. The Morgan fingerprint density at radius 2 is 2.00 bits per heavy atom. The fourth-order valence-electron chi connectivity index (χ4n) is 2.14. The molecule has 0 spiro atoms. The van der Waals surface area contributed by atoms with Gasteiger partial charge in [-0.2, -0.15) is 0 Å². The quantitative estimate of drug-likeness (QED) is 0.704. The van der Waals surface area contributed by atoms with Crippen LogP contribution in [0.3, 0.4) is 0 Å². The Labute approximate surface area is 131 Å². The first-order valence-corrected chi connectivity index (χ1v) is 7.91. The Morgan fingerprint density at radius 1 is 1.14 bits per heavy atom. The van der Waals surface area contributed by atoms with E-state index in [1.54, 1.807) is 23.5 Å². The molecule has 21 heavy (non-hydrogen) atoms. The van der Waals surface area contributed by atoms with E-state index >= 15 is 0 Å². The molecule has 0 bridgehead atoms. The molecule has 0 aliphatic heterocycles. The van der Waals surface area contributed by atoms with Gasteiger partial charge in [-0.1, -0.05) is 29.8 Å². The Hall–Kier alpha value is -1.49. The number of para-hydroxylation sites is 1. The van der Waals surface area contributed by atoms with Gasteiger partial charge in [0, 0.05) is 30.1 Å². The molecular weight excluding hydrogens is 307 g/mol. The van der Waals surface area contributed by atoms with Crippen molar-refractivity contribution in [1.82, 2.24) is 10.3 Å². The largest absolute Gasteiger partial charge is 0.312 e. The van der Waals surface area contributed by atoms with E-state index in [1.807, 2.05) is 18.2 Å². The number of nitrogens with one attached hydrogen (secondary N) is 1. The van der Waals surface area contributed by atoms with Crippen molar-refractivity contribution in [1.29, 1.82) is 0 Å². The lowest BCUT2D eigenvalue weighted by molar-refractivity contribution is 0.588. The minimum absolute atomic E-state index is 0.269. The van der Waals surface area contributed by atoms with E-state index < -0.39 is 0 Å². The van der Waals surface area contributed by atoms with E-state index in [9.17, 15) is 4.39 Å². The third kappa shape index (κ3) is 3.40. The molecule has 1 heterocycles. The first-order valence-electron chi connectivity index (χ1n) is 6.72. The summed E-state index contributed by atoms with van der Waals surface area (Å²) in [5, 5.41) is 4.77. The van der Waals surface area contributed by atoms with Gasteiger partial charge >= 0.3 is 0 Å². The van der Waals surface area contributed by atoms with Gasteiger partial charge in [0.05, 0.1) is 15.2 Å². The molecule has 0 aliphatic carbocycles. The van der Waals surface area contributed by atoms with Crippen molar-refractivity contribution < 1.29 is 4.39 Å². The van der Waals surface area contributed by atoms with Gasteiger partial charge in [-0.3, -0.25) is 0 Å². The molecule has 0 atom stereocenters. The van der Waals surface area contributed by atoms with Crippen molar-refractivity contribution >= 4 is 33.2 Å². The van der Waals surface area contributed by atoms with E-state index in [0.717, 1.165) is 23.5 Å². The number of rotatable bonds is 5. The summed E-state index contributed by atoms with van der Waals surface area (Å²) < 4.78 is 14.8. The highest BCUT2D eigenvalue weighted by molar-refractivity contribution is 7.18. The molecule has 1 N–H and O–H groups in total. The average Bonchev–Trinajstić information content (AvgIpc) is 2.88.